The lowest BCUT2D eigenvalue weighted by molar-refractivity contribution is -0.151. The number of amides is 2. The van der Waals surface area contributed by atoms with E-state index in [2.05, 4.69) is 10.3 Å². The quantitative estimate of drug-likeness (QED) is 0.845. The van der Waals surface area contributed by atoms with Gasteiger partial charge in [0.15, 0.2) is 0 Å². The number of halogens is 1. The first-order valence-corrected chi connectivity index (χ1v) is 8.94. The van der Waals surface area contributed by atoms with Crippen LogP contribution >= 0.6 is 0 Å². The molecule has 6 heteroatoms. The second-order valence-electron chi connectivity index (χ2n) is 6.82. The molecule has 5 nitrogen and oxygen atoms in total. The summed E-state index contributed by atoms with van der Waals surface area (Å²) in [5, 5.41) is 2.86. The summed E-state index contributed by atoms with van der Waals surface area (Å²) < 4.78 is 14.0. The highest BCUT2D eigenvalue weighted by molar-refractivity contribution is 6.35. The van der Waals surface area contributed by atoms with Crippen molar-refractivity contribution in [2.24, 2.45) is 0 Å². The van der Waals surface area contributed by atoms with Crippen LogP contribution in [0.15, 0.2) is 42.7 Å². The van der Waals surface area contributed by atoms with E-state index >= 15 is 0 Å². The minimum absolute atomic E-state index is 0.175. The van der Waals surface area contributed by atoms with Gasteiger partial charge in [0.25, 0.3) is 0 Å². The van der Waals surface area contributed by atoms with Gasteiger partial charge in [-0.05, 0) is 48.9 Å². The number of aromatic nitrogens is 1. The Morgan fingerprint density at radius 2 is 2.00 bits per heavy atom. The molecule has 2 heterocycles. The van der Waals surface area contributed by atoms with Gasteiger partial charge in [-0.3, -0.25) is 14.6 Å². The van der Waals surface area contributed by atoms with E-state index < -0.39 is 11.8 Å². The number of fused-ring (bicyclic) bond motifs is 1. The SMILES string of the molecule is O=C(NC1CCCc2cnccc21)C(=O)N1CCC1c1ccccc1F. The molecule has 0 bridgehead atoms. The maximum Gasteiger partial charge on any atom is 0.312 e. The zero-order chi connectivity index (χ0) is 18.1. The second-order valence-corrected chi connectivity index (χ2v) is 6.82. The molecule has 1 aliphatic heterocycles. The predicted octanol–water partition coefficient (Wildman–Crippen LogP) is 2.69. The van der Waals surface area contributed by atoms with E-state index in [0.717, 1.165) is 30.4 Å². The fraction of sp³-hybridized carbons (Fsp3) is 0.350. The molecular formula is C20H20FN3O2. The molecular weight excluding hydrogens is 333 g/mol. The highest BCUT2D eigenvalue weighted by atomic mass is 19.1. The Balaban J connectivity index is 1.46. The number of likely N-dealkylation sites (tertiary alicyclic amines) is 1. The summed E-state index contributed by atoms with van der Waals surface area (Å²) in [7, 11) is 0. The molecule has 1 aromatic carbocycles. The number of carbonyl (C=O) groups excluding carboxylic acids is 2. The van der Waals surface area contributed by atoms with Crippen LogP contribution in [-0.2, 0) is 16.0 Å². The highest BCUT2D eigenvalue weighted by Crippen LogP contribution is 2.35. The van der Waals surface area contributed by atoms with Gasteiger partial charge in [0.05, 0.1) is 12.1 Å². The number of benzene rings is 1. The van der Waals surface area contributed by atoms with Crippen LogP contribution in [0.25, 0.3) is 0 Å². The average molecular weight is 353 g/mol. The molecule has 1 saturated heterocycles. The number of nitrogens with one attached hydrogen (secondary N) is 1. The number of carbonyl (C=O) groups is 2. The Kier molecular flexibility index (Phi) is 4.41. The molecule has 1 fully saturated rings. The molecule has 26 heavy (non-hydrogen) atoms. The van der Waals surface area contributed by atoms with E-state index in [9.17, 15) is 14.0 Å². The van der Waals surface area contributed by atoms with Crippen LogP contribution in [0.5, 0.6) is 0 Å². The Labute approximate surface area is 151 Å². The molecule has 2 atom stereocenters. The number of pyridine rings is 1. The lowest BCUT2D eigenvalue weighted by Gasteiger charge is -2.41. The van der Waals surface area contributed by atoms with Crippen LogP contribution in [0, 0.1) is 5.82 Å². The van der Waals surface area contributed by atoms with E-state index in [-0.39, 0.29) is 17.9 Å². The largest absolute Gasteiger partial charge is 0.341 e. The van der Waals surface area contributed by atoms with Crippen molar-refractivity contribution in [3.63, 3.8) is 0 Å². The Morgan fingerprint density at radius 3 is 2.77 bits per heavy atom. The van der Waals surface area contributed by atoms with Gasteiger partial charge in [-0.15, -0.1) is 0 Å². The van der Waals surface area contributed by atoms with Gasteiger partial charge in [0.2, 0.25) is 0 Å². The summed E-state index contributed by atoms with van der Waals surface area (Å²) in [6.45, 7) is 0.469. The van der Waals surface area contributed by atoms with Crippen LogP contribution < -0.4 is 5.32 Å². The van der Waals surface area contributed by atoms with Crippen molar-refractivity contribution in [3.05, 3.63) is 65.2 Å². The van der Waals surface area contributed by atoms with Crippen LogP contribution in [0.4, 0.5) is 4.39 Å². The summed E-state index contributed by atoms with van der Waals surface area (Å²) in [6, 6.07) is 7.77. The second kappa shape index (κ2) is 6.86. The Morgan fingerprint density at radius 1 is 1.15 bits per heavy atom. The molecule has 2 aliphatic rings. The minimum Gasteiger partial charge on any atom is -0.341 e. The summed E-state index contributed by atoms with van der Waals surface area (Å²) in [5.74, 6) is -1.56. The third-order valence-electron chi connectivity index (χ3n) is 5.30. The normalized spacial score (nSPS) is 21.5. The van der Waals surface area contributed by atoms with Gasteiger partial charge < -0.3 is 10.2 Å². The Hall–Kier alpha value is -2.76. The minimum atomic E-state index is -0.624. The first-order chi connectivity index (χ1) is 12.6. The lowest BCUT2D eigenvalue weighted by atomic mass is 9.89. The van der Waals surface area contributed by atoms with E-state index in [0.29, 0.717) is 18.5 Å². The van der Waals surface area contributed by atoms with Gasteiger partial charge in [0.1, 0.15) is 5.82 Å². The van der Waals surface area contributed by atoms with Crippen molar-refractivity contribution in [3.8, 4) is 0 Å². The van der Waals surface area contributed by atoms with Crippen molar-refractivity contribution in [2.45, 2.75) is 37.8 Å². The average Bonchev–Trinajstić information content (AvgIpc) is 2.63. The van der Waals surface area contributed by atoms with Gasteiger partial charge in [-0.25, -0.2) is 4.39 Å². The molecule has 1 aliphatic carbocycles. The van der Waals surface area contributed by atoms with Gasteiger partial charge in [-0.2, -0.15) is 0 Å². The Bertz CT molecular complexity index is 854. The van der Waals surface area contributed by atoms with Gasteiger partial charge >= 0.3 is 11.8 Å². The number of rotatable bonds is 2. The third kappa shape index (κ3) is 2.96. The fourth-order valence-electron chi connectivity index (χ4n) is 3.84. The molecule has 2 aromatic rings. The number of nitrogens with zero attached hydrogens (tertiary/aromatic N) is 2. The van der Waals surface area contributed by atoms with E-state index in [4.69, 9.17) is 0 Å². The van der Waals surface area contributed by atoms with Gasteiger partial charge in [-0.1, -0.05) is 18.2 Å². The summed E-state index contributed by atoms with van der Waals surface area (Å²) in [5.41, 5.74) is 2.61. The topological polar surface area (TPSA) is 62.3 Å². The molecule has 1 N–H and O–H groups in total. The van der Waals surface area contributed by atoms with Crippen molar-refractivity contribution in [1.29, 1.82) is 0 Å². The van der Waals surface area contributed by atoms with Crippen molar-refractivity contribution in [2.75, 3.05) is 6.54 Å². The molecule has 1 aromatic heterocycles. The smallest absolute Gasteiger partial charge is 0.312 e. The fourth-order valence-corrected chi connectivity index (χ4v) is 3.84. The van der Waals surface area contributed by atoms with Crippen LogP contribution in [-0.4, -0.2) is 28.2 Å². The number of hydrogen-bond donors (Lipinski definition) is 1. The van der Waals surface area contributed by atoms with E-state index in [1.54, 1.807) is 24.4 Å². The van der Waals surface area contributed by atoms with Crippen LogP contribution in [0.1, 0.15) is 48.0 Å². The van der Waals surface area contributed by atoms with Crippen molar-refractivity contribution < 1.29 is 14.0 Å². The summed E-state index contributed by atoms with van der Waals surface area (Å²) in [6.07, 6.45) is 6.86. The maximum absolute atomic E-state index is 14.0. The van der Waals surface area contributed by atoms with Gasteiger partial charge in [0, 0.05) is 24.5 Å². The predicted molar refractivity (Wildman–Crippen MR) is 93.5 cm³/mol. The maximum atomic E-state index is 14.0. The molecule has 0 saturated carbocycles. The third-order valence-corrected chi connectivity index (χ3v) is 5.30. The van der Waals surface area contributed by atoms with Crippen molar-refractivity contribution in [1.82, 2.24) is 15.2 Å². The molecule has 0 spiro atoms. The van der Waals surface area contributed by atoms with E-state index in [1.807, 2.05) is 12.3 Å². The highest BCUT2D eigenvalue weighted by Gasteiger charge is 2.38. The molecule has 0 radical (unpaired) electrons. The van der Waals surface area contributed by atoms with Crippen LogP contribution in [0.3, 0.4) is 0 Å². The van der Waals surface area contributed by atoms with Crippen LogP contribution in [0.2, 0.25) is 0 Å². The number of hydrogen-bond acceptors (Lipinski definition) is 3. The molecule has 2 amide bonds. The summed E-state index contributed by atoms with van der Waals surface area (Å²) >= 11 is 0. The van der Waals surface area contributed by atoms with Crippen molar-refractivity contribution >= 4 is 11.8 Å². The number of aryl methyl sites for hydroxylation is 1. The molecule has 134 valence electrons. The first kappa shape index (κ1) is 16.7. The standard InChI is InChI=1S/C20H20FN3O2/c21-16-6-2-1-5-15(16)18-9-11-24(18)20(26)19(25)23-17-7-3-4-13-12-22-10-8-14(13)17/h1-2,5-6,8,10,12,17-18H,3-4,7,9,11H2,(H,23,25). The zero-order valence-electron chi connectivity index (χ0n) is 14.3. The summed E-state index contributed by atoms with van der Waals surface area (Å²) in [4.78, 5) is 30.7. The zero-order valence-corrected chi connectivity index (χ0v) is 14.3. The first-order valence-electron chi connectivity index (χ1n) is 8.94. The van der Waals surface area contributed by atoms with E-state index in [1.165, 1.54) is 11.0 Å². The molecule has 4 rings (SSSR count). The molecule has 2 unspecified atom stereocenters. The lowest BCUT2D eigenvalue weighted by Crippen LogP contribution is -2.52. The monoisotopic (exact) mass is 353 g/mol.